The number of rotatable bonds is 4. The van der Waals surface area contributed by atoms with Gasteiger partial charge in [0.05, 0.1) is 6.54 Å². The average molecular weight is 359 g/mol. The van der Waals surface area contributed by atoms with Crippen LogP contribution >= 0.6 is 11.3 Å². The molecule has 1 amide bonds. The first-order chi connectivity index (χ1) is 12.2. The molecule has 2 aliphatic heterocycles. The summed E-state index contributed by atoms with van der Waals surface area (Å²) in [4.78, 5) is 21.0. The molecule has 2 aliphatic rings. The van der Waals surface area contributed by atoms with Crippen molar-refractivity contribution in [1.82, 2.24) is 19.3 Å². The minimum atomic E-state index is 0.280. The molecule has 0 N–H and O–H groups in total. The van der Waals surface area contributed by atoms with Gasteiger partial charge in [0.25, 0.3) is 0 Å². The topological polar surface area (TPSA) is 31.7 Å². The molecule has 134 valence electrons. The van der Waals surface area contributed by atoms with Crippen LogP contribution in [0.4, 0.5) is 0 Å². The van der Waals surface area contributed by atoms with E-state index in [4.69, 9.17) is 0 Å². The Morgan fingerprint density at radius 2 is 1.96 bits per heavy atom. The van der Waals surface area contributed by atoms with E-state index in [-0.39, 0.29) is 5.91 Å². The van der Waals surface area contributed by atoms with E-state index < -0.39 is 0 Å². The van der Waals surface area contributed by atoms with Gasteiger partial charge >= 0.3 is 0 Å². The smallest absolute Gasteiger partial charge is 0.236 e. The lowest BCUT2D eigenvalue weighted by Gasteiger charge is -2.38. The van der Waals surface area contributed by atoms with Crippen molar-refractivity contribution in [3.8, 4) is 0 Å². The highest BCUT2D eigenvalue weighted by molar-refractivity contribution is 7.09. The van der Waals surface area contributed by atoms with E-state index in [1.54, 1.807) is 0 Å². The summed E-state index contributed by atoms with van der Waals surface area (Å²) in [7, 11) is 0. The van der Waals surface area contributed by atoms with Gasteiger partial charge in [0.2, 0.25) is 5.91 Å². The maximum Gasteiger partial charge on any atom is 0.236 e. The molecular formula is C19H26N4OS. The van der Waals surface area contributed by atoms with Gasteiger partial charge in [-0.3, -0.25) is 14.6 Å². The van der Waals surface area contributed by atoms with E-state index in [1.807, 2.05) is 16.2 Å². The summed E-state index contributed by atoms with van der Waals surface area (Å²) < 4.78 is 2.30. The molecule has 25 heavy (non-hydrogen) atoms. The zero-order chi connectivity index (χ0) is 17.2. The summed E-state index contributed by atoms with van der Waals surface area (Å²) in [6, 6.07) is 8.88. The molecule has 4 rings (SSSR count). The fourth-order valence-corrected chi connectivity index (χ4v) is 4.64. The Morgan fingerprint density at radius 1 is 1.12 bits per heavy atom. The molecule has 1 unspecified atom stereocenters. The Bertz CT molecular complexity index is 703. The number of fused-ring (bicyclic) bond motifs is 1. The third kappa shape index (κ3) is 3.66. The number of aromatic nitrogens is 1. The minimum Gasteiger partial charge on any atom is -0.349 e. The van der Waals surface area contributed by atoms with Crippen LogP contribution in [0.2, 0.25) is 0 Å². The molecule has 0 spiro atoms. The van der Waals surface area contributed by atoms with Crippen LogP contribution in [-0.4, -0.2) is 64.4 Å². The predicted octanol–water partition coefficient (Wildman–Crippen LogP) is 2.27. The van der Waals surface area contributed by atoms with E-state index in [9.17, 15) is 4.79 Å². The standard InChI is InChI=1S/C19H26N4OS/c1-16-18-5-2-6-21(18)11-12-23(16)15-19(24)22-9-7-20(8-10-22)14-17-4-3-13-25-17/h2-6,13,16H,7-12,14-15H2,1H3. The van der Waals surface area contributed by atoms with E-state index >= 15 is 0 Å². The van der Waals surface area contributed by atoms with Crippen molar-refractivity contribution >= 4 is 17.2 Å². The Labute approximate surface area is 153 Å². The van der Waals surface area contributed by atoms with Crippen LogP contribution in [0.15, 0.2) is 35.8 Å². The third-order valence-electron chi connectivity index (χ3n) is 5.49. The first-order valence-corrected chi connectivity index (χ1v) is 10.0. The number of thiophene rings is 1. The lowest BCUT2D eigenvalue weighted by molar-refractivity contribution is -0.135. The van der Waals surface area contributed by atoms with Crippen LogP contribution < -0.4 is 0 Å². The molecule has 2 aromatic heterocycles. The van der Waals surface area contributed by atoms with Gasteiger partial charge in [-0.2, -0.15) is 0 Å². The SMILES string of the molecule is CC1c2cccn2CCN1CC(=O)N1CCN(Cc2cccs2)CC1. The molecule has 5 nitrogen and oxygen atoms in total. The van der Waals surface area contributed by atoms with Gasteiger partial charge in [0.15, 0.2) is 0 Å². The van der Waals surface area contributed by atoms with Gasteiger partial charge in [-0.1, -0.05) is 6.07 Å². The Morgan fingerprint density at radius 3 is 2.72 bits per heavy atom. The first kappa shape index (κ1) is 16.8. The number of nitrogens with zero attached hydrogens (tertiary/aromatic N) is 4. The monoisotopic (exact) mass is 358 g/mol. The zero-order valence-electron chi connectivity index (χ0n) is 14.8. The molecule has 1 saturated heterocycles. The van der Waals surface area contributed by atoms with Gasteiger partial charge < -0.3 is 9.47 Å². The van der Waals surface area contributed by atoms with Crippen LogP contribution in [0.1, 0.15) is 23.5 Å². The molecule has 0 aromatic carbocycles. The van der Waals surface area contributed by atoms with Crippen molar-refractivity contribution < 1.29 is 4.79 Å². The van der Waals surface area contributed by atoms with E-state index in [0.29, 0.717) is 12.6 Å². The quantitative estimate of drug-likeness (QED) is 0.840. The summed E-state index contributed by atoms with van der Waals surface area (Å²) in [5, 5.41) is 2.13. The highest BCUT2D eigenvalue weighted by Gasteiger charge is 2.28. The molecule has 0 saturated carbocycles. The highest BCUT2D eigenvalue weighted by Crippen LogP contribution is 2.25. The average Bonchev–Trinajstić information content (AvgIpc) is 3.30. The van der Waals surface area contributed by atoms with Crippen molar-refractivity contribution in [2.24, 2.45) is 0 Å². The first-order valence-electron chi connectivity index (χ1n) is 9.12. The second-order valence-corrected chi connectivity index (χ2v) is 8.04. The lowest BCUT2D eigenvalue weighted by Crippen LogP contribution is -2.51. The van der Waals surface area contributed by atoms with Gasteiger partial charge in [-0.25, -0.2) is 0 Å². The van der Waals surface area contributed by atoms with Crippen LogP contribution in [0.5, 0.6) is 0 Å². The van der Waals surface area contributed by atoms with Crippen molar-refractivity contribution in [2.45, 2.75) is 26.1 Å². The molecule has 1 atom stereocenters. The van der Waals surface area contributed by atoms with Crippen LogP contribution in [0, 0.1) is 0 Å². The Hall–Kier alpha value is -1.63. The molecule has 0 bridgehead atoms. The molecule has 2 aromatic rings. The molecule has 6 heteroatoms. The molecular weight excluding hydrogens is 332 g/mol. The molecule has 4 heterocycles. The van der Waals surface area contributed by atoms with Gasteiger partial charge in [0.1, 0.15) is 0 Å². The van der Waals surface area contributed by atoms with Crippen molar-refractivity contribution in [2.75, 3.05) is 39.3 Å². The van der Waals surface area contributed by atoms with Gasteiger partial charge in [-0.05, 0) is 30.5 Å². The number of piperazine rings is 1. The maximum atomic E-state index is 12.7. The molecule has 0 aliphatic carbocycles. The lowest BCUT2D eigenvalue weighted by atomic mass is 10.1. The zero-order valence-corrected chi connectivity index (χ0v) is 15.6. The van der Waals surface area contributed by atoms with Gasteiger partial charge in [-0.15, -0.1) is 11.3 Å². The Kier molecular flexibility index (Phi) is 4.92. The van der Waals surface area contributed by atoms with Gasteiger partial charge in [0, 0.05) is 68.6 Å². The van der Waals surface area contributed by atoms with E-state index in [2.05, 4.69) is 57.1 Å². The fraction of sp³-hybridized carbons (Fsp3) is 0.526. The second-order valence-electron chi connectivity index (χ2n) is 7.01. The summed E-state index contributed by atoms with van der Waals surface area (Å²) in [6.07, 6.45) is 2.14. The second kappa shape index (κ2) is 7.32. The number of hydrogen-bond donors (Lipinski definition) is 0. The number of hydrogen-bond acceptors (Lipinski definition) is 4. The fourth-order valence-electron chi connectivity index (χ4n) is 3.90. The summed E-state index contributed by atoms with van der Waals surface area (Å²) in [5.41, 5.74) is 1.32. The summed E-state index contributed by atoms with van der Waals surface area (Å²) in [6.45, 7) is 9.34. The van der Waals surface area contributed by atoms with Crippen LogP contribution in [0.25, 0.3) is 0 Å². The van der Waals surface area contributed by atoms with Crippen molar-refractivity contribution in [1.29, 1.82) is 0 Å². The molecule has 0 radical (unpaired) electrons. The van der Waals surface area contributed by atoms with Crippen LogP contribution in [-0.2, 0) is 17.9 Å². The largest absolute Gasteiger partial charge is 0.349 e. The Balaban J connectivity index is 1.28. The number of carbonyl (C=O) groups excluding carboxylic acids is 1. The number of carbonyl (C=O) groups is 1. The maximum absolute atomic E-state index is 12.7. The normalized spacial score (nSPS) is 22.1. The molecule has 1 fully saturated rings. The van der Waals surface area contributed by atoms with Crippen LogP contribution in [0.3, 0.4) is 0 Å². The predicted molar refractivity (Wildman–Crippen MR) is 101 cm³/mol. The summed E-state index contributed by atoms with van der Waals surface area (Å²) >= 11 is 1.81. The third-order valence-corrected chi connectivity index (χ3v) is 6.35. The van der Waals surface area contributed by atoms with E-state index in [1.165, 1.54) is 10.6 Å². The summed E-state index contributed by atoms with van der Waals surface area (Å²) in [5.74, 6) is 0.280. The van der Waals surface area contributed by atoms with Crippen molar-refractivity contribution in [3.05, 3.63) is 46.4 Å². The minimum absolute atomic E-state index is 0.280. The number of amides is 1. The van der Waals surface area contributed by atoms with E-state index in [0.717, 1.165) is 45.8 Å². The van der Waals surface area contributed by atoms with Crippen molar-refractivity contribution in [3.63, 3.8) is 0 Å². The highest BCUT2D eigenvalue weighted by atomic mass is 32.1.